The van der Waals surface area contributed by atoms with Gasteiger partial charge in [0, 0.05) is 18.9 Å². The van der Waals surface area contributed by atoms with Crippen LogP contribution in [0.2, 0.25) is 0 Å². The minimum absolute atomic E-state index is 0.0361. The largest absolute Gasteiger partial charge is 0.460 e. The number of carbonyl (C=O) groups excluding carboxylic acids is 2. The minimum Gasteiger partial charge on any atom is -0.460 e. The Balaban J connectivity index is 1.59. The van der Waals surface area contributed by atoms with Crippen LogP contribution in [0.3, 0.4) is 0 Å². The van der Waals surface area contributed by atoms with Crippen molar-refractivity contribution in [1.29, 1.82) is 0 Å². The molecule has 5 rings (SSSR count). The Kier molecular flexibility index (Phi) is 7.10. The van der Waals surface area contributed by atoms with Crippen molar-refractivity contribution >= 4 is 18.0 Å². The number of rotatable bonds is 5. The van der Waals surface area contributed by atoms with Crippen molar-refractivity contribution < 1.29 is 39.5 Å². The van der Waals surface area contributed by atoms with Crippen LogP contribution in [0.15, 0.2) is 48.1 Å². The molecule has 218 valence electrons. The highest BCUT2D eigenvalue weighted by molar-refractivity contribution is 5.87. The van der Waals surface area contributed by atoms with Crippen LogP contribution in [-0.2, 0) is 19.1 Å². The maximum Gasteiger partial charge on any atom is 0.331 e. The zero-order chi connectivity index (χ0) is 29.1. The van der Waals surface area contributed by atoms with Gasteiger partial charge in [-0.25, -0.2) is 4.79 Å². The van der Waals surface area contributed by atoms with Crippen LogP contribution >= 0.6 is 0 Å². The van der Waals surface area contributed by atoms with Crippen LogP contribution in [0.25, 0.3) is 6.08 Å². The van der Waals surface area contributed by atoms with Crippen LogP contribution in [0.1, 0.15) is 78.2 Å². The molecule has 0 saturated heterocycles. The van der Waals surface area contributed by atoms with E-state index in [9.17, 15) is 30.0 Å². The first-order valence-corrected chi connectivity index (χ1v) is 14.4. The summed E-state index contributed by atoms with van der Waals surface area (Å²) >= 11 is 0. The Hall–Kier alpha value is -2.52. The fourth-order valence-electron chi connectivity index (χ4n) is 8.75. The summed E-state index contributed by atoms with van der Waals surface area (Å²) in [5, 5.41) is 47.8. The van der Waals surface area contributed by atoms with Crippen molar-refractivity contribution in [1.82, 2.24) is 0 Å². The standard InChI is InChI=1S/C32H42O8/c1-20(39-21(2)33)30(36)16-17-32(38)29(30,4)26(40-27(35)11-10-22-8-6-5-7-9-22)19-25-28(3)14-13-24(34)18-23(28)12-15-31(25,32)37/h5-12,20,24-26,34,36-38H,13-19H2,1-4H3/t20-,24-,25+,26+,28-,29+,30+,31-,32+/m0/s1. The second-order valence-electron chi connectivity index (χ2n) is 12.9. The number of aliphatic hydroxyl groups is 4. The molecule has 40 heavy (non-hydrogen) atoms. The third-order valence-electron chi connectivity index (χ3n) is 11.1. The molecule has 1 aromatic carbocycles. The number of fused-ring (bicyclic) bond motifs is 5. The number of esters is 2. The molecule has 0 heterocycles. The molecule has 0 bridgehead atoms. The van der Waals surface area contributed by atoms with Crippen molar-refractivity contribution in [2.45, 2.75) is 108 Å². The molecule has 8 heteroatoms. The maximum absolute atomic E-state index is 13.3. The van der Waals surface area contributed by atoms with E-state index in [1.807, 2.05) is 36.4 Å². The van der Waals surface area contributed by atoms with Gasteiger partial charge in [-0.15, -0.1) is 0 Å². The van der Waals surface area contributed by atoms with Crippen molar-refractivity contribution in [3.8, 4) is 0 Å². The van der Waals surface area contributed by atoms with E-state index in [1.165, 1.54) is 13.0 Å². The van der Waals surface area contributed by atoms with Crippen molar-refractivity contribution in [3.63, 3.8) is 0 Å². The lowest BCUT2D eigenvalue weighted by atomic mass is 9.42. The number of ether oxygens (including phenoxy) is 2. The Morgan fingerprint density at radius 3 is 2.45 bits per heavy atom. The van der Waals surface area contributed by atoms with E-state index in [0.29, 0.717) is 19.3 Å². The van der Waals surface area contributed by atoms with Crippen LogP contribution in [-0.4, -0.2) is 67.5 Å². The van der Waals surface area contributed by atoms with Crippen molar-refractivity contribution in [3.05, 3.63) is 53.6 Å². The molecule has 0 amide bonds. The van der Waals surface area contributed by atoms with Crippen LogP contribution in [0, 0.1) is 16.7 Å². The number of hydrogen-bond acceptors (Lipinski definition) is 8. The number of benzene rings is 1. The van der Waals surface area contributed by atoms with Crippen LogP contribution in [0.4, 0.5) is 0 Å². The predicted octanol–water partition coefficient (Wildman–Crippen LogP) is 3.46. The van der Waals surface area contributed by atoms with Crippen molar-refractivity contribution in [2.24, 2.45) is 16.7 Å². The average Bonchev–Trinajstić information content (AvgIpc) is 3.14. The summed E-state index contributed by atoms with van der Waals surface area (Å²) in [7, 11) is 0. The van der Waals surface area contributed by atoms with Gasteiger partial charge >= 0.3 is 11.9 Å². The Morgan fingerprint density at radius 2 is 1.77 bits per heavy atom. The van der Waals surface area contributed by atoms with E-state index in [2.05, 4.69) is 6.92 Å². The Bertz CT molecular complexity index is 1230. The molecule has 8 nitrogen and oxygen atoms in total. The van der Waals surface area contributed by atoms with Gasteiger partial charge in [-0.1, -0.05) is 55.8 Å². The zero-order valence-electron chi connectivity index (χ0n) is 23.8. The third-order valence-corrected chi connectivity index (χ3v) is 11.1. The highest BCUT2D eigenvalue weighted by Gasteiger charge is 2.81. The van der Waals surface area contributed by atoms with E-state index < -0.39 is 63.8 Å². The quantitative estimate of drug-likeness (QED) is 0.247. The van der Waals surface area contributed by atoms with Gasteiger partial charge in [-0.2, -0.15) is 0 Å². The van der Waals surface area contributed by atoms with Gasteiger partial charge in [-0.3, -0.25) is 4.79 Å². The number of carbonyl (C=O) groups is 2. The Labute approximate surface area is 235 Å². The summed E-state index contributed by atoms with van der Waals surface area (Å²) < 4.78 is 11.6. The molecule has 3 fully saturated rings. The third kappa shape index (κ3) is 4.02. The van der Waals surface area contributed by atoms with Gasteiger partial charge in [0.2, 0.25) is 0 Å². The summed E-state index contributed by atoms with van der Waals surface area (Å²) in [6.07, 6.45) is 4.53. The van der Waals surface area contributed by atoms with E-state index >= 15 is 0 Å². The molecule has 0 aromatic heterocycles. The normalized spacial score (nSPS) is 43.2. The zero-order valence-corrected chi connectivity index (χ0v) is 23.8. The molecule has 1 aromatic rings. The molecule has 0 unspecified atom stereocenters. The monoisotopic (exact) mass is 554 g/mol. The topological polar surface area (TPSA) is 134 Å². The Morgan fingerprint density at radius 1 is 1.07 bits per heavy atom. The van der Waals surface area contributed by atoms with Gasteiger partial charge in [0.05, 0.1) is 11.5 Å². The number of aliphatic hydroxyl groups excluding tert-OH is 1. The SMILES string of the molecule is CC(=O)O[C@@H](C)[C@]1(O)CC[C@@]2(O)[C@]1(C)[C@H](OC(=O)C=Cc1ccccc1)C[C@@H]1[C@@]3(C)CC[C@H](O)CC3=CC[C@]12O. The second kappa shape index (κ2) is 9.79. The fourth-order valence-corrected chi connectivity index (χ4v) is 8.75. The van der Waals surface area contributed by atoms with Gasteiger partial charge in [0.15, 0.2) is 0 Å². The lowest BCUT2D eigenvalue weighted by Crippen LogP contribution is -2.78. The van der Waals surface area contributed by atoms with Crippen LogP contribution in [0.5, 0.6) is 0 Å². The summed E-state index contributed by atoms with van der Waals surface area (Å²) in [5.41, 5.74) is -5.51. The van der Waals surface area contributed by atoms with E-state index in [-0.39, 0.29) is 25.7 Å². The van der Waals surface area contributed by atoms with Gasteiger partial charge in [-0.05, 0) is 68.9 Å². The first kappa shape index (κ1) is 29.0. The highest BCUT2D eigenvalue weighted by Crippen LogP contribution is 2.71. The smallest absolute Gasteiger partial charge is 0.331 e. The first-order chi connectivity index (χ1) is 18.7. The molecule has 3 saturated carbocycles. The van der Waals surface area contributed by atoms with Crippen molar-refractivity contribution in [2.75, 3.05) is 0 Å². The van der Waals surface area contributed by atoms with Gasteiger partial charge in [0.1, 0.15) is 29.0 Å². The lowest BCUT2D eigenvalue weighted by Gasteiger charge is -2.67. The maximum atomic E-state index is 13.3. The van der Waals surface area contributed by atoms with E-state index in [1.54, 1.807) is 19.9 Å². The molecule has 4 N–H and O–H groups in total. The molecular formula is C32H42O8. The molecule has 9 atom stereocenters. The molecule has 0 radical (unpaired) electrons. The fraction of sp³-hybridized carbons (Fsp3) is 0.625. The molecule has 0 aliphatic heterocycles. The van der Waals surface area contributed by atoms with Gasteiger partial charge in [0.25, 0.3) is 0 Å². The molecule has 4 aliphatic rings. The predicted molar refractivity (Wildman–Crippen MR) is 148 cm³/mol. The lowest BCUT2D eigenvalue weighted by molar-refractivity contribution is -0.326. The average molecular weight is 555 g/mol. The molecular weight excluding hydrogens is 512 g/mol. The first-order valence-electron chi connectivity index (χ1n) is 14.4. The van der Waals surface area contributed by atoms with E-state index in [4.69, 9.17) is 9.47 Å². The molecule has 0 spiro atoms. The molecule has 4 aliphatic carbocycles. The summed E-state index contributed by atoms with van der Waals surface area (Å²) in [6, 6.07) is 9.31. The van der Waals surface area contributed by atoms with E-state index in [0.717, 1.165) is 11.1 Å². The van der Waals surface area contributed by atoms with Gasteiger partial charge < -0.3 is 29.9 Å². The second-order valence-corrected chi connectivity index (χ2v) is 12.9. The minimum atomic E-state index is -1.86. The van der Waals surface area contributed by atoms with Crippen LogP contribution < -0.4 is 0 Å². The highest BCUT2D eigenvalue weighted by atomic mass is 16.6. The summed E-state index contributed by atoms with van der Waals surface area (Å²) in [4.78, 5) is 25.2. The summed E-state index contributed by atoms with van der Waals surface area (Å²) in [6.45, 7) is 6.54. The number of hydrogen-bond donors (Lipinski definition) is 4. The summed E-state index contributed by atoms with van der Waals surface area (Å²) in [5.74, 6) is -1.70.